The van der Waals surface area contributed by atoms with Gasteiger partial charge in [-0.05, 0) is 49.7 Å². The second-order valence-electron chi connectivity index (χ2n) is 7.17. The van der Waals surface area contributed by atoms with Crippen LogP contribution in [0.2, 0.25) is 4.34 Å². The van der Waals surface area contributed by atoms with E-state index in [0.717, 1.165) is 17.7 Å². The highest BCUT2D eigenvalue weighted by atomic mass is 35.5. The Bertz CT molecular complexity index is 1010. The Labute approximate surface area is 188 Å². The lowest BCUT2D eigenvalue weighted by Crippen LogP contribution is -2.41. The van der Waals surface area contributed by atoms with E-state index in [1.165, 1.54) is 23.5 Å². The number of benzene rings is 1. The number of urea groups is 1. The third kappa shape index (κ3) is 5.05. The van der Waals surface area contributed by atoms with Crippen LogP contribution < -0.4 is 10.6 Å². The number of anilines is 1. The van der Waals surface area contributed by atoms with E-state index in [9.17, 15) is 19.2 Å². The Kier molecular flexibility index (Phi) is 6.97. The second-order valence-corrected chi connectivity index (χ2v) is 8.88. The van der Waals surface area contributed by atoms with Crippen molar-refractivity contribution in [2.75, 3.05) is 18.5 Å². The van der Waals surface area contributed by atoms with Crippen molar-refractivity contribution < 1.29 is 23.9 Å². The molecule has 0 spiro atoms. The first-order valence-corrected chi connectivity index (χ1v) is 10.9. The highest BCUT2D eigenvalue weighted by Gasteiger charge is 2.50. The number of hydrogen-bond donors (Lipinski definition) is 2. The van der Waals surface area contributed by atoms with Gasteiger partial charge in [0.2, 0.25) is 5.91 Å². The minimum atomic E-state index is -1.27. The maximum absolute atomic E-state index is 12.8. The van der Waals surface area contributed by atoms with Gasteiger partial charge in [-0.2, -0.15) is 0 Å². The molecule has 1 fully saturated rings. The molecule has 2 aromatic rings. The van der Waals surface area contributed by atoms with Crippen LogP contribution in [0.5, 0.6) is 0 Å². The highest BCUT2D eigenvalue weighted by Crippen LogP contribution is 2.35. The zero-order valence-electron chi connectivity index (χ0n) is 17.1. The van der Waals surface area contributed by atoms with E-state index < -0.39 is 35.9 Å². The Morgan fingerprint density at radius 2 is 1.90 bits per heavy atom. The lowest BCUT2D eigenvalue weighted by atomic mass is 10.0. The summed E-state index contributed by atoms with van der Waals surface area (Å²) in [4.78, 5) is 51.0. The van der Waals surface area contributed by atoms with Gasteiger partial charge in [0.15, 0.2) is 5.54 Å². The maximum Gasteiger partial charge on any atom is 0.338 e. The molecule has 1 atom stereocenters. The molecule has 2 heterocycles. The number of esters is 1. The number of nitrogens with one attached hydrogen (secondary N) is 2. The normalized spacial score (nSPS) is 18.1. The average molecular weight is 464 g/mol. The van der Waals surface area contributed by atoms with Crippen molar-refractivity contribution in [1.82, 2.24) is 10.2 Å². The smallest absolute Gasteiger partial charge is 0.338 e. The molecular weight excluding hydrogens is 442 g/mol. The predicted molar refractivity (Wildman–Crippen MR) is 117 cm³/mol. The largest absolute Gasteiger partial charge is 0.462 e. The summed E-state index contributed by atoms with van der Waals surface area (Å²) < 4.78 is 5.63. The van der Waals surface area contributed by atoms with Crippen LogP contribution in [0.3, 0.4) is 0 Å². The van der Waals surface area contributed by atoms with Crippen LogP contribution in [0.25, 0.3) is 0 Å². The van der Waals surface area contributed by atoms with E-state index in [0.29, 0.717) is 27.1 Å². The fourth-order valence-corrected chi connectivity index (χ4v) is 4.15. The molecule has 8 nitrogen and oxygen atoms in total. The van der Waals surface area contributed by atoms with Gasteiger partial charge in [-0.3, -0.25) is 14.5 Å². The Morgan fingerprint density at radius 3 is 2.52 bits per heavy atom. The monoisotopic (exact) mass is 463 g/mol. The summed E-state index contributed by atoms with van der Waals surface area (Å²) in [6.07, 6.45) is 1.72. The number of amides is 4. The number of hydrogen-bond acceptors (Lipinski definition) is 6. The van der Waals surface area contributed by atoms with Crippen molar-refractivity contribution in [3.8, 4) is 0 Å². The Hall–Kier alpha value is -2.91. The molecule has 0 bridgehead atoms. The van der Waals surface area contributed by atoms with Gasteiger partial charge in [0.1, 0.15) is 6.54 Å². The van der Waals surface area contributed by atoms with Gasteiger partial charge >= 0.3 is 12.0 Å². The van der Waals surface area contributed by atoms with Crippen LogP contribution in [-0.4, -0.2) is 41.9 Å². The Balaban J connectivity index is 1.60. The zero-order chi connectivity index (χ0) is 22.6. The SMILES string of the molecule is CCCCOC(=O)c1ccc(NC(=O)CN2C(=O)N[C@@](C)(c3ccc(Cl)s3)C2=O)cc1. The van der Waals surface area contributed by atoms with Crippen LogP contribution >= 0.6 is 22.9 Å². The lowest BCUT2D eigenvalue weighted by molar-refractivity contribution is -0.133. The molecular formula is C21H22ClN3O5S. The van der Waals surface area contributed by atoms with E-state index in [1.807, 2.05) is 6.92 Å². The second kappa shape index (κ2) is 9.49. The summed E-state index contributed by atoms with van der Waals surface area (Å²) in [5.74, 6) is -1.51. The maximum atomic E-state index is 12.8. The number of nitrogens with zero attached hydrogens (tertiary/aromatic N) is 1. The number of halogens is 1. The molecule has 1 saturated heterocycles. The van der Waals surface area contributed by atoms with Gasteiger partial charge in [0, 0.05) is 10.6 Å². The molecule has 1 aliphatic heterocycles. The van der Waals surface area contributed by atoms with Crippen molar-refractivity contribution in [2.45, 2.75) is 32.2 Å². The highest BCUT2D eigenvalue weighted by molar-refractivity contribution is 7.16. The van der Waals surface area contributed by atoms with E-state index in [1.54, 1.807) is 31.2 Å². The first-order chi connectivity index (χ1) is 14.7. The molecule has 0 saturated carbocycles. The summed E-state index contributed by atoms with van der Waals surface area (Å²) in [6, 6.07) is 8.84. The van der Waals surface area contributed by atoms with E-state index in [-0.39, 0.29) is 0 Å². The third-order valence-corrected chi connectivity index (χ3v) is 6.23. The molecule has 3 rings (SSSR count). The molecule has 10 heteroatoms. The summed E-state index contributed by atoms with van der Waals surface area (Å²) >= 11 is 7.13. The number of unbranched alkanes of at least 4 members (excludes halogenated alkanes) is 1. The standard InChI is InChI=1S/C21H22ClN3O5S/c1-3-4-11-30-18(27)13-5-7-14(8-6-13)23-17(26)12-25-19(28)21(2,24-20(25)29)15-9-10-16(22)31-15/h5-10H,3-4,11-12H2,1-2H3,(H,23,26)(H,24,29)/t21-/m0/s1. The fraction of sp³-hybridized carbons (Fsp3) is 0.333. The van der Waals surface area contributed by atoms with Crippen LogP contribution in [0.15, 0.2) is 36.4 Å². The van der Waals surface area contributed by atoms with Gasteiger partial charge in [0.25, 0.3) is 5.91 Å². The summed E-state index contributed by atoms with van der Waals surface area (Å²) in [6.45, 7) is 3.49. The molecule has 4 amide bonds. The zero-order valence-corrected chi connectivity index (χ0v) is 18.6. The van der Waals surface area contributed by atoms with Crippen LogP contribution in [0.1, 0.15) is 41.9 Å². The quantitative estimate of drug-likeness (QED) is 0.352. The molecule has 1 aromatic heterocycles. The molecule has 0 radical (unpaired) electrons. The van der Waals surface area contributed by atoms with E-state index in [2.05, 4.69) is 10.6 Å². The minimum Gasteiger partial charge on any atom is -0.462 e. The molecule has 0 aliphatic carbocycles. The van der Waals surface area contributed by atoms with Gasteiger partial charge < -0.3 is 15.4 Å². The summed E-state index contributed by atoms with van der Waals surface area (Å²) in [7, 11) is 0. The number of ether oxygens (including phenoxy) is 1. The van der Waals surface area contributed by atoms with E-state index in [4.69, 9.17) is 16.3 Å². The van der Waals surface area contributed by atoms with Gasteiger partial charge in [-0.15, -0.1) is 11.3 Å². The number of carbonyl (C=O) groups is 4. The summed E-state index contributed by atoms with van der Waals surface area (Å²) in [5.41, 5.74) is -0.474. The van der Waals surface area contributed by atoms with Gasteiger partial charge in [0.05, 0.1) is 16.5 Å². The third-order valence-electron chi connectivity index (χ3n) is 4.78. The van der Waals surface area contributed by atoms with Crippen molar-refractivity contribution in [3.05, 3.63) is 51.2 Å². The van der Waals surface area contributed by atoms with Gasteiger partial charge in [-0.25, -0.2) is 9.59 Å². The number of imide groups is 1. The topological polar surface area (TPSA) is 105 Å². The van der Waals surface area contributed by atoms with Crippen LogP contribution in [0, 0.1) is 0 Å². The minimum absolute atomic E-state index is 0.357. The molecule has 1 aromatic carbocycles. The number of rotatable bonds is 8. The first-order valence-electron chi connectivity index (χ1n) is 9.71. The molecule has 164 valence electrons. The van der Waals surface area contributed by atoms with Gasteiger partial charge in [-0.1, -0.05) is 24.9 Å². The number of carbonyl (C=O) groups excluding carboxylic acids is 4. The first kappa shape index (κ1) is 22.8. The van der Waals surface area contributed by atoms with Crippen molar-refractivity contribution >= 4 is 52.4 Å². The lowest BCUT2D eigenvalue weighted by Gasteiger charge is -2.20. The van der Waals surface area contributed by atoms with Crippen molar-refractivity contribution in [1.29, 1.82) is 0 Å². The molecule has 31 heavy (non-hydrogen) atoms. The van der Waals surface area contributed by atoms with Crippen LogP contribution in [-0.2, 0) is 19.9 Å². The summed E-state index contributed by atoms with van der Waals surface area (Å²) in [5, 5.41) is 5.24. The fourth-order valence-electron chi connectivity index (χ4n) is 3.02. The van der Waals surface area contributed by atoms with Crippen LogP contribution in [0.4, 0.5) is 10.5 Å². The molecule has 1 aliphatic rings. The Morgan fingerprint density at radius 1 is 1.19 bits per heavy atom. The molecule has 0 unspecified atom stereocenters. The van der Waals surface area contributed by atoms with Crippen molar-refractivity contribution in [3.63, 3.8) is 0 Å². The average Bonchev–Trinajstić information content (AvgIpc) is 3.26. The number of thiophene rings is 1. The predicted octanol–water partition coefficient (Wildman–Crippen LogP) is 3.76. The van der Waals surface area contributed by atoms with E-state index >= 15 is 0 Å². The molecule has 2 N–H and O–H groups in total. The van der Waals surface area contributed by atoms with Crippen molar-refractivity contribution in [2.24, 2.45) is 0 Å².